The monoisotopic (exact) mass is 455 g/mol. The zero-order valence-corrected chi connectivity index (χ0v) is 17.8. The second-order valence-corrected chi connectivity index (χ2v) is 9.40. The zero-order chi connectivity index (χ0) is 22.6. The van der Waals surface area contributed by atoms with Gasteiger partial charge in [-0.15, -0.1) is 0 Å². The lowest BCUT2D eigenvalue weighted by molar-refractivity contribution is -0.137. The van der Waals surface area contributed by atoms with Gasteiger partial charge in [-0.2, -0.15) is 17.5 Å². The molecular weight excluding hydrogens is 431 g/mol. The lowest BCUT2D eigenvalue weighted by Crippen LogP contribution is -2.50. The molecule has 1 aliphatic heterocycles. The topological polar surface area (TPSA) is 69.7 Å². The number of nitrogens with zero attached hydrogens (tertiary/aromatic N) is 2. The molecule has 0 bridgehead atoms. The average molecular weight is 456 g/mol. The highest BCUT2D eigenvalue weighted by atomic mass is 32.2. The molecule has 168 valence electrons. The van der Waals surface area contributed by atoms with Gasteiger partial charge >= 0.3 is 6.18 Å². The van der Waals surface area contributed by atoms with Crippen LogP contribution in [0.15, 0.2) is 53.4 Å². The van der Waals surface area contributed by atoms with Crippen molar-refractivity contribution in [2.24, 2.45) is 0 Å². The molecule has 2 aromatic rings. The molecule has 1 heterocycles. The molecule has 0 radical (unpaired) electrons. The number of carbonyl (C=O) groups excluding carboxylic acids is 1. The van der Waals surface area contributed by atoms with E-state index in [1.165, 1.54) is 16.4 Å². The van der Waals surface area contributed by atoms with Crippen LogP contribution < -0.4 is 5.32 Å². The van der Waals surface area contributed by atoms with Crippen molar-refractivity contribution in [3.05, 3.63) is 65.2 Å². The molecule has 0 aromatic heterocycles. The summed E-state index contributed by atoms with van der Waals surface area (Å²) in [5.74, 6) is -0.269. The number of aryl methyl sites for hydroxylation is 1. The van der Waals surface area contributed by atoms with Crippen molar-refractivity contribution in [1.82, 2.24) is 14.5 Å². The Labute approximate surface area is 179 Å². The van der Waals surface area contributed by atoms with Crippen molar-refractivity contribution < 1.29 is 26.4 Å². The maximum Gasteiger partial charge on any atom is 0.416 e. The van der Waals surface area contributed by atoms with Crippen LogP contribution in [0, 0.1) is 6.92 Å². The van der Waals surface area contributed by atoms with E-state index < -0.39 is 21.8 Å². The van der Waals surface area contributed by atoms with E-state index in [4.69, 9.17) is 0 Å². The van der Waals surface area contributed by atoms with E-state index in [0.717, 1.165) is 17.7 Å². The molecule has 0 spiro atoms. The van der Waals surface area contributed by atoms with Crippen LogP contribution in [-0.4, -0.2) is 56.3 Å². The zero-order valence-electron chi connectivity index (χ0n) is 17.0. The Balaban J connectivity index is 1.46. The van der Waals surface area contributed by atoms with Crippen LogP contribution in [0.5, 0.6) is 0 Å². The van der Waals surface area contributed by atoms with Crippen LogP contribution in [0.2, 0.25) is 0 Å². The number of alkyl halides is 3. The number of hydrogen-bond donors (Lipinski definition) is 1. The van der Waals surface area contributed by atoms with Gasteiger partial charge in [0.1, 0.15) is 0 Å². The van der Waals surface area contributed by atoms with Gasteiger partial charge in [0.2, 0.25) is 15.9 Å². The predicted octanol–water partition coefficient (Wildman–Crippen LogP) is 2.64. The Kier molecular flexibility index (Phi) is 7.03. The minimum absolute atomic E-state index is 0.0963. The van der Waals surface area contributed by atoms with Gasteiger partial charge in [-0.3, -0.25) is 9.69 Å². The molecule has 1 amide bonds. The molecule has 0 aliphatic carbocycles. The van der Waals surface area contributed by atoms with Crippen LogP contribution in [0.4, 0.5) is 13.2 Å². The highest BCUT2D eigenvalue weighted by Crippen LogP contribution is 2.29. The van der Waals surface area contributed by atoms with Crippen molar-refractivity contribution >= 4 is 15.9 Å². The molecule has 6 nitrogen and oxygen atoms in total. The summed E-state index contributed by atoms with van der Waals surface area (Å²) in [7, 11) is -3.57. The number of sulfonamides is 1. The largest absolute Gasteiger partial charge is 0.416 e. The quantitative estimate of drug-likeness (QED) is 0.727. The van der Waals surface area contributed by atoms with Gasteiger partial charge in [-0.1, -0.05) is 29.8 Å². The van der Waals surface area contributed by atoms with E-state index in [9.17, 15) is 26.4 Å². The molecule has 2 aromatic carbocycles. The number of nitrogens with one attached hydrogen (secondary N) is 1. The summed E-state index contributed by atoms with van der Waals surface area (Å²) in [5.41, 5.74) is 0.808. The molecule has 3 rings (SSSR count). The summed E-state index contributed by atoms with van der Waals surface area (Å²) in [5, 5.41) is 2.68. The number of amides is 1. The van der Waals surface area contributed by atoms with Gasteiger partial charge in [-0.05, 0) is 36.8 Å². The summed E-state index contributed by atoms with van der Waals surface area (Å²) in [6.07, 6.45) is -4.39. The molecule has 1 aliphatic rings. The average Bonchev–Trinajstić information content (AvgIpc) is 2.73. The summed E-state index contributed by atoms with van der Waals surface area (Å²) >= 11 is 0. The maximum atomic E-state index is 12.7. The number of hydrogen-bond acceptors (Lipinski definition) is 4. The van der Waals surface area contributed by atoms with Crippen LogP contribution >= 0.6 is 0 Å². The fraction of sp³-hybridized carbons (Fsp3) is 0.381. The van der Waals surface area contributed by atoms with E-state index in [-0.39, 0.29) is 37.0 Å². The van der Waals surface area contributed by atoms with Crippen molar-refractivity contribution in [2.45, 2.75) is 24.5 Å². The Morgan fingerprint density at radius 3 is 2.10 bits per heavy atom. The predicted molar refractivity (Wildman–Crippen MR) is 110 cm³/mol. The standard InChI is InChI=1S/C21H24F3N3O3S/c1-16-2-8-19(9-3-16)31(29,30)27-12-10-26(11-13-27)15-20(28)25-14-17-4-6-18(7-5-17)21(22,23)24/h2-9H,10-15H2,1H3,(H,25,28). The first-order chi connectivity index (χ1) is 14.6. The van der Waals surface area contributed by atoms with Gasteiger partial charge < -0.3 is 5.32 Å². The Morgan fingerprint density at radius 2 is 1.55 bits per heavy atom. The molecule has 31 heavy (non-hydrogen) atoms. The summed E-state index contributed by atoms with van der Waals surface area (Å²) in [6.45, 7) is 3.50. The van der Waals surface area contributed by atoms with Crippen molar-refractivity contribution in [1.29, 1.82) is 0 Å². The molecule has 1 fully saturated rings. The van der Waals surface area contributed by atoms with Crippen LogP contribution in [0.1, 0.15) is 16.7 Å². The van der Waals surface area contributed by atoms with E-state index in [2.05, 4.69) is 5.32 Å². The molecule has 1 N–H and O–H groups in total. The Hall–Kier alpha value is -2.43. The van der Waals surface area contributed by atoms with Gasteiger partial charge in [0.25, 0.3) is 0 Å². The third kappa shape index (κ3) is 6.05. The number of piperazine rings is 1. The maximum absolute atomic E-state index is 12.7. The van der Waals surface area contributed by atoms with Crippen molar-refractivity contribution in [3.63, 3.8) is 0 Å². The van der Waals surface area contributed by atoms with Crippen LogP contribution in [0.3, 0.4) is 0 Å². The first-order valence-corrected chi connectivity index (χ1v) is 11.2. The van der Waals surface area contributed by atoms with Crippen molar-refractivity contribution in [3.8, 4) is 0 Å². The van der Waals surface area contributed by atoms with Crippen LogP contribution in [0.25, 0.3) is 0 Å². The van der Waals surface area contributed by atoms with Gasteiger partial charge in [0, 0.05) is 32.7 Å². The fourth-order valence-electron chi connectivity index (χ4n) is 3.26. The minimum atomic E-state index is -4.39. The van der Waals surface area contributed by atoms with E-state index in [0.29, 0.717) is 18.7 Å². The summed E-state index contributed by atoms with van der Waals surface area (Å²) in [6, 6.07) is 11.3. The second-order valence-electron chi connectivity index (χ2n) is 7.46. The molecule has 0 atom stereocenters. The lowest BCUT2D eigenvalue weighted by atomic mass is 10.1. The Morgan fingerprint density at radius 1 is 0.968 bits per heavy atom. The summed E-state index contributed by atoms with van der Waals surface area (Å²) < 4.78 is 64.6. The first-order valence-electron chi connectivity index (χ1n) is 9.78. The highest BCUT2D eigenvalue weighted by molar-refractivity contribution is 7.89. The lowest BCUT2D eigenvalue weighted by Gasteiger charge is -2.33. The first kappa shape index (κ1) is 23.2. The van der Waals surface area contributed by atoms with Gasteiger partial charge in [0.05, 0.1) is 17.0 Å². The molecular formula is C21H24F3N3O3S. The van der Waals surface area contributed by atoms with Gasteiger partial charge in [0.15, 0.2) is 0 Å². The smallest absolute Gasteiger partial charge is 0.351 e. The minimum Gasteiger partial charge on any atom is -0.351 e. The van der Waals surface area contributed by atoms with E-state index in [1.54, 1.807) is 24.3 Å². The molecule has 10 heteroatoms. The fourth-order valence-corrected chi connectivity index (χ4v) is 4.68. The summed E-state index contributed by atoms with van der Waals surface area (Å²) in [4.78, 5) is 14.3. The SMILES string of the molecule is Cc1ccc(S(=O)(=O)N2CCN(CC(=O)NCc3ccc(C(F)(F)F)cc3)CC2)cc1. The molecule has 0 unspecified atom stereocenters. The second kappa shape index (κ2) is 9.37. The van der Waals surface area contributed by atoms with E-state index in [1.807, 2.05) is 11.8 Å². The molecule has 0 saturated carbocycles. The van der Waals surface area contributed by atoms with E-state index >= 15 is 0 Å². The third-order valence-electron chi connectivity index (χ3n) is 5.13. The van der Waals surface area contributed by atoms with Crippen molar-refractivity contribution in [2.75, 3.05) is 32.7 Å². The molecule has 1 saturated heterocycles. The van der Waals surface area contributed by atoms with Crippen LogP contribution in [-0.2, 0) is 27.5 Å². The Bertz CT molecular complexity index is 999. The number of halogens is 3. The number of carbonyl (C=O) groups is 1. The normalized spacial score (nSPS) is 16.3. The number of rotatable bonds is 6. The van der Waals surface area contributed by atoms with Gasteiger partial charge in [-0.25, -0.2) is 8.42 Å². The highest BCUT2D eigenvalue weighted by Gasteiger charge is 2.30. The number of benzene rings is 2. The third-order valence-corrected chi connectivity index (χ3v) is 7.04.